The van der Waals surface area contributed by atoms with E-state index in [0.717, 1.165) is 29.0 Å². The summed E-state index contributed by atoms with van der Waals surface area (Å²) in [5.41, 5.74) is 9.06. The number of nitrogens with zero attached hydrogens (tertiary/aromatic N) is 3. The first-order valence-electron chi connectivity index (χ1n) is 6.72. The highest BCUT2D eigenvalue weighted by atomic mass is 32.2. The molecule has 0 aliphatic carbocycles. The Morgan fingerprint density at radius 1 is 1.26 bits per heavy atom. The van der Waals surface area contributed by atoms with Crippen molar-refractivity contribution in [1.29, 1.82) is 0 Å². The Labute approximate surface area is 118 Å². The van der Waals surface area contributed by atoms with Crippen LogP contribution in [0.4, 0.5) is 5.82 Å². The van der Waals surface area contributed by atoms with Gasteiger partial charge in [-0.25, -0.2) is 9.97 Å². The number of fused-ring (bicyclic) bond motifs is 1. The van der Waals surface area contributed by atoms with Crippen molar-refractivity contribution < 1.29 is 0 Å². The first kappa shape index (κ1) is 14.2. The number of aromatic nitrogens is 3. The second kappa shape index (κ2) is 6.28. The summed E-state index contributed by atoms with van der Waals surface area (Å²) in [5, 5.41) is 0. The summed E-state index contributed by atoms with van der Waals surface area (Å²) in [6.45, 7) is 5.13. The van der Waals surface area contributed by atoms with E-state index >= 15 is 0 Å². The minimum atomic E-state index is 0.532. The quantitative estimate of drug-likeness (QED) is 0.825. The Hall–Kier alpha value is -1.23. The van der Waals surface area contributed by atoms with Gasteiger partial charge in [-0.3, -0.25) is 0 Å². The fourth-order valence-corrected chi connectivity index (χ4v) is 2.89. The number of aryl methyl sites for hydroxylation is 3. The van der Waals surface area contributed by atoms with E-state index in [1.807, 2.05) is 24.9 Å². The summed E-state index contributed by atoms with van der Waals surface area (Å²) in [7, 11) is 0. The molecule has 0 amide bonds. The molecule has 104 valence electrons. The molecule has 2 aromatic heterocycles. The molecule has 2 aromatic rings. The van der Waals surface area contributed by atoms with Crippen molar-refractivity contribution in [3.8, 4) is 0 Å². The molecule has 0 radical (unpaired) electrons. The highest BCUT2D eigenvalue weighted by Crippen LogP contribution is 2.23. The molecular weight excluding hydrogens is 256 g/mol. The van der Waals surface area contributed by atoms with Crippen LogP contribution in [0.25, 0.3) is 11.0 Å². The molecule has 0 aromatic carbocycles. The Kier molecular flexibility index (Phi) is 4.69. The number of rotatable bonds is 6. The Bertz CT molecular complexity index is 562. The van der Waals surface area contributed by atoms with E-state index in [4.69, 9.17) is 5.73 Å². The molecule has 0 aliphatic rings. The summed E-state index contributed by atoms with van der Waals surface area (Å²) < 4.78 is 2.28. The van der Waals surface area contributed by atoms with Crippen LogP contribution in [-0.2, 0) is 6.54 Å². The maximum atomic E-state index is 5.91. The van der Waals surface area contributed by atoms with Gasteiger partial charge in [-0.15, -0.1) is 0 Å². The van der Waals surface area contributed by atoms with Crippen LogP contribution in [0.5, 0.6) is 0 Å². The number of imidazole rings is 1. The van der Waals surface area contributed by atoms with Crippen molar-refractivity contribution in [2.75, 3.05) is 17.7 Å². The number of anilines is 1. The maximum absolute atomic E-state index is 5.91. The molecule has 0 bridgehead atoms. The maximum Gasteiger partial charge on any atom is 0.151 e. The number of thioether (sulfide) groups is 1. The van der Waals surface area contributed by atoms with Gasteiger partial charge in [0.1, 0.15) is 11.3 Å². The minimum Gasteiger partial charge on any atom is -0.382 e. The number of hydrogen-bond acceptors (Lipinski definition) is 4. The number of nitrogen functional groups attached to an aromatic ring is 1. The molecule has 0 unspecified atom stereocenters. The second-order valence-electron chi connectivity index (χ2n) is 4.89. The van der Waals surface area contributed by atoms with Crippen molar-refractivity contribution in [2.45, 2.75) is 39.7 Å². The molecule has 5 heteroatoms. The van der Waals surface area contributed by atoms with Gasteiger partial charge in [0, 0.05) is 12.7 Å². The van der Waals surface area contributed by atoms with Gasteiger partial charge in [0.2, 0.25) is 0 Å². The molecule has 4 nitrogen and oxygen atoms in total. The normalized spacial score (nSPS) is 11.3. The Balaban J connectivity index is 2.18. The third-order valence-corrected chi connectivity index (χ3v) is 4.10. The average molecular weight is 278 g/mol. The highest BCUT2D eigenvalue weighted by Gasteiger charge is 2.12. The monoisotopic (exact) mass is 278 g/mol. The summed E-state index contributed by atoms with van der Waals surface area (Å²) in [6.07, 6.45) is 7.74. The molecule has 0 atom stereocenters. The Morgan fingerprint density at radius 3 is 2.79 bits per heavy atom. The van der Waals surface area contributed by atoms with Crippen molar-refractivity contribution >= 4 is 28.6 Å². The topological polar surface area (TPSA) is 56.7 Å². The molecule has 0 fully saturated rings. The standard InChI is InChI=1S/C14H22N4S/c1-10-9-16-14(15)12-13(10)18(11(2)17-12)7-5-4-6-8-19-3/h9H,4-8H2,1-3H3,(H2,15,16). The van der Waals surface area contributed by atoms with E-state index < -0.39 is 0 Å². The van der Waals surface area contributed by atoms with Crippen LogP contribution in [0.3, 0.4) is 0 Å². The van der Waals surface area contributed by atoms with Crippen molar-refractivity contribution in [3.05, 3.63) is 17.6 Å². The number of unbranched alkanes of at least 4 members (excludes halogenated alkanes) is 2. The summed E-state index contributed by atoms with van der Waals surface area (Å²) in [6, 6.07) is 0. The molecule has 0 spiro atoms. The summed E-state index contributed by atoms with van der Waals surface area (Å²) >= 11 is 1.92. The molecule has 0 saturated heterocycles. The van der Waals surface area contributed by atoms with E-state index in [-0.39, 0.29) is 0 Å². The number of pyridine rings is 1. The third-order valence-electron chi connectivity index (χ3n) is 3.40. The van der Waals surface area contributed by atoms with Crippen molar-refractivity contribution in [1.82, 2.24) is 14.5 Å². The smallest absolute Gasteiger partial charge is 0.151 e. The number of hydrogen-bond donors (Lipinski definition) is 1. The first-order valence-corrected chi connectivity index (χ1v) is 8.11. The van der Waals surface area contributed by atoms with E-state index in [2.05, 4.69) is 27.7 Å². The minimum absolute atomic E-state index is 0.532. The zero-order valence-electron chi connectivity index (χ0n) is 11.9. The van der Waals surface area contributed by atoms with Gasteiger partial charge < -0.3 is 10.3 Å². The van der Waals surface area contributed by atoms with Crippen LogP contribution < -0.4 is 5.73 Å². The van der Waals surface area contributed by atoms with Gasteiger partial charge >= 0.3 is 0 Å². The first-order chi connectivity index (χ1) is 9.15. The van der Waals surface area contributed by atoms with Crippen LogP contribution >= 0.6 is 11.8 Å². The molecule has 0 saturated carbocycles. The van der Waals surface area contributed by atoms with E-state index in [0.29, 0.717) is 5.82 Å². The fraction of sp³-hybridized carbons (Fsp3) is 0.571. The average Bonchev–Trinajstić information content (AvgIpc) is 2.72. The van der Waals surface area contributed by atoms with Gasteiger partial charge in [0.15, 0.2) is 5.82 Å². The van der Waals surface area contributed by atoms with Gasteiger partial charge in [-0.05, 0) is 44.3 Å². The largest absolute Gasteiger partial charge is 0.382 e. The molecule has 19 heavy (non-hydrogen) atoms. The van der Waals surface area contributed by atoms with Crippen LogP contribution in [0, 0.1) is 13.8 Å². The molecular formula is C14H22N4S. The highest BCUT2D eigenvalue weighted by molar-refractivity contribution is 7.98. The summed E-state index contributed by atoms with van der Waals surface area (Å²) in [4.78, 5) is 8.74. The lowest BCUT2D eigenvalue weighted by Crippen LogP contribution is -2.02. The van der Waals surface area contributed by atoms with Crippen LogP contribution in [0.15, 0.2) is 6.20 Å². The van der Waals surface area contributed by atoms with E-state index in [1.54, 1.807) is 0 Å². The van der Waals surface area contributed by atoms with Crippen LogP contribution in [-0.4, -0.2) is 26.5 Å². The Morgan fingerprint density at radius 2 is 2.05 bits per heavy atom. The van der Waals surface area contributed by atoms with Crippen molar-refractivity contribution in [3.63, 3.8) is 0 Å². The molecule has 2 heterocycles. The van der Waals surface area contributed by atoms with E-state index in [9.17, 15) is 0 Å². The lowest BCUT2D eigenvalue weighted by molar-refractivity contribution is 0.603. The lowest BCUT2D eigenvalue weighted by atomic mass is 10.2. The van der Waals surface area contributed by atoms with Gasteiger partial charge in [0.25, 0.3) is 0 Å². The second-order valence-corrected chi connectivity index (χ2v) is 5.87. The van der Waals surface area contributed by atoms with Crippen molar-refractivity contribution in [2.24, 2.45) is 0 Å². The predicted octanol–water partition coefficient (Wildman–Crippen LogP) is 3.16. The zero-order chi connectivity index (χ0) is 13.8. The van der Waals surface area contributed by atoms with Crippen LogP contribution in [0.2, 0.25) is 0 Å². The molecule has 2 rings (SSSR count). The third kappa shape index (κ3) is 3.03. The van der Waals surface area contributed by atoms with Gasteiger partial charge in [0.05, 0.1) is 5.52 Å². The zero-order valence-corrected chi connectivity index (χ0v) is 12.8. The molecule has 2 N–H and O–H groups in total. The molecule has 0 aliphatic heterocycles. The van der Waals surface area contributed by atoms with Gasteiger partial charge in [-0.2, -0.15) is 11.8 Å². The SMILES string of the molecule is CSCCCCCn1c(C)nc2c(N)ncc(C)c21. The van der Waals surface area contributed by atoms with Crippen LogP contribution in [0.1, 0.15) is 30.7 Å². The predicted molar refractivity (Wildman–Crippen MR) is 83.6 cm³/mol. The fourth-order valence-electron chi connectivity index (χ4n) is 2.40. The lowest BCUT2D eigenvalue weighted by Gasteiger charge is -2.08. The summed E-state index contributed by atoms with van der Waals surface area (Å²) in [5.74, 6) is 2.81. The van der Waals surface area contributed by atoms with Gasteiger partial charge in [-0.1, -0.05) is 6.42 Å². The number of nitrogens with two attached hydrogens (primary N) is 1. The van der Waals surface area contributed by atoms with E-state index in [1.165, 1.54) is 25.0 Å².